The normalized spacial score (nSPS) is 19.9. The standard InChI is InChI=1S/C13H28N2O/c1-12(2,3)16-10-9-14-11-13(15(4)5)7-6-8-13/h14H,6-11H2,1-5H3. The average molecular weight is 228 g/mol. The van der Waals surface area contributed by atoms with Crippen LogP contribution in [0.2, 0.25) is 0 Å². The molecule has 0 amide bonds. The molecule has 1 N–H and O–H groups in total. The first kappa shape index (κ1) is 13.9. The first-order valence-corrected chi connectivity index (χ1v) is 6.38. The van der Waals surface area contributed by atoms with Crippen LogP contribution in [0.3, 0.4) is 0 Å². The molecular formula is C13H28N2O. The van der Waals surface area contributed by atoms with Gasteiger partial charge in [0.1, 0.15) is 0 Å². The number of nitrogens with zero attached hydrogens (tertiary/aromatic N) is 1. The van der Waals surface area contributed by atoms with Gasteiger partial charge in [0.15, 0.2) is 0 Å². The molecule has 0 bridgehead atoms. The Balaban J connectivity index is 2.11. The maximum atomic E-state index is 5.68. The molecule has 0 saturated heterocycles. The quantitative estimate of drug-likeness (QED) is 0.703. The highest BCUT2D eigenvalue weighted by Gasteiger charge is 2.38. The van der Waals surface area contributed by atoms with Gasteiger partial charge >= 0.3 is 0 Å². The number of ether oxygens (including phenoxy) is 1. The molecule has 0 aromatic carbocycles. The molecule has 1 saturated carbocycles. The molecule has 96 valence electrons. The van der Waals surface area contributed by atoms with Crippen molar-refractivity contribution in [3.8, 4) is 0 Å². The summed E-state index contributed by atoms with van der Waals surface area (Å²) in [6.07, 6.45) is 4.03. The molecule has 0 aromatic rings. The molecule has 1 rings (SSSR count). The van der Waals surface area contributed by atoms with Gasteiger partial charge in [0.25, 0.3) is 0 Å². The fourth-order valence-electron chi connectivity index (χ4n) is 2.12. The number of hydrogen-bond acceptors (Lipinski definition) is 3. The number of nitrogens with one attached hydrogen (secondary N) is 1. The minimum absolute atomic E-state index is 0.0165. The lowest BCUT2D eigenvalue weighted by Crippen LogP contribution is -2.56. The maximum absolute atomic E-state index is 5.68. The van der Waals surface area contributed by atoms with Gasteiger partial charge < -0.3 is 15.0 Å². The summed E-state index contributed by atoms with van der Waals surface area (Å²) in [7, 11) is 4.37. The van der Waals surface area contributed by atoms with Crippen molar-refractivity contribution in [3.63, 3.8) is 0 Å². The van der Waals surface area contributed by atoms with Crippen LogP contribution in [0, 0.1) is 0 Å². The van der Waals surface area contributed by atoms with Crippen LogP contribution >= 0.6 is 0 Å². The molecule has 3 heteroatoms. The van der Waals surface area contributed by atoms with E-state index >= 15 is 0 Å². The van der Waals surface area contributed by atoms with E-state index in [1.165, 1.54) is 19.3 Å². The molecule has 0 aliphatic heterocycles. The zero-order valence-corrected chi connectivity index (χ0v) is 11.6. The third-order valence-corrected chi connectivity index (χ3v) is 3.50. The van der Waals surface area contributed by atoms with Crippen molar-refractivity contribution >= 4 is 0 Å². The van der Waals surface area contributed by atoms with Gasteiger partial charge in [0, 0.05) is 18.6 Å². The minimum Gasteiger partial charge on any atom is -0.375 e. The first-order chi connectivity index (χ1) is 7.36. The van der Waals surface area contributed by atoms with Crippen LogP contribution in [0.15, 0.2) is 0 Å². The van der Waals surface area contributed by atoms with Crippen LogP contribution in [-0.2, 0) is 4.74 Å². The van der Waals surface area contributed by atoms with Crippen LogP contribution in [0.5, 0.6) is 0 Å². The van der Waals surface area contributed by atoms with Crippen molar-refractivity contribution in [2.75, 3.05) is 33.8 Å². The summed E-state index contributed by atoms with van der Waals surface area (Å²) >= 11 is 0. The highest BCUT2D eigenvalue weighted by Crippen LogP contribution is 2.35. The van der Waals surface area contributed by atoms with Gasteiger partial charge in [-0.2, -0.15) is 0 Å². The third kappa shape index (κ3) is 4.04. The molecule has 0 spiro atoms. The van der Waals surface area contributed by atoms with Crippen molar-refractivity contribution in [1.82, 2.24) is 10.2 Å². The second kappa shape index (κ2) is 5.48. The molecule has 0 aromatic heterocycles. The second-order valence-corrected chi connectivity index (χ2v) is 6.11. The van der Waals surface area contributed by atoms with E-state index in [0.717, 1.165) is 19.7 Å². The lowest BCUT2D eigenvalue weighted by atomic mass is 9.75. The number of rotatable bonds is 6. The molecule has 1 fully saturated rings. The number of hydrogen-bond donors (Lipinski definition) is 1. The lowest BCUT2D eigenvalue weighted by Gasteiger charge is -2.47. The van der Waals surface area contributed by atoms with E-state index < -0.39 is 0 Å². The van der Waals surface area contributed by atoms with Crippen LogP contribution in [0.4, 0.5) is 0 Å². The van der Waals surface area contributed by atoms with Crippen LogP contribution in [0.25, 0.3) is 0 Å². The monoisotopic (exact) mass is 228 g/mol. The van der Waals surface area contributed by atoms with Gasteiger partial charge in [-0.15, -0.1) is 0 Å². The van der Waals surface area contributed by atoms with E-state index in [2.05, 4.69) is 45.1 Å². The molecular weight excluding hydrogens is 200 g/mol. The Labute approximate surface area is 101 Å². The fourth-order valence-corrected chi connectivity index (χ4v) is 2.12. The second-order valence-electron chi connectivity index (χ2n) is 6.11. The lowest BCUT2D eigenvalue weighted by molar-refractivity contribution is -0.00396. The number of likely N-dealkylation sites (N-methyl/N-ethyl adjacent to an activating group) is 1. The molecule has 0 atom stereocenters. The Morgan fingerprint density at radius 1 is 1.25 bits per heavy atom. The molecule has 0 unspecified atom stereocenters. The Hall–Kier alpha value is -0.120. The smallest absolute Gasteiger partial charge is 0.0599 e. The zero-order valence-electron chi connectivity index (χ0n) is 11.6. The summed E-state index contributed by atoms with van der Waals surface area (Å²) in [5, 5.41) is 3.52. The Morgan fingerprint density at radius 3 is 2.25 bits per heavy atom. The molecule has 16 heavy (non-hydrogen) atoms. The largest absolute Gasteiger partial charge is 0.375 e. The van der Waals surface area contributed by atoms with E-state index in [1.54, 1.807) is 0 Å². The molecule has 1 aliphatic carbocycles. The van der Waals surface area contributed by atoms with Crippen molar-refractivity contribution in [2.45, 2.75) is 51.2 Å². The van der Waals surface area contributed by atoms with Crippen LogP contribution < -0.4 is 5.32 Å². The van der Waals surface area contributed by atoms with Gasteiger partial charge in [0.2, 0.25) is 0 Å². The molecule has 1 aliphatic rings. The zero-order chi connectivity index (χ0) is 12.2. The van der Waals surface area contributed by atoms with Gasteiger partial charge in [-0.25, -0.2) is 0 Å². The summed E-state index contributed by atoms with van der Waals surface area (Å²) in [4.78, 5) is 2.37. The van der Waals surface area contributed by atoms with E-state index in [-0.39, 0.29) is 5.60 Å². The van der Waals surface area contributed by atoms with Crippen molar-refractivity contribution in [3.05, 3.63) is 0 Å². The Kier molecular flexibility index (Phi) is 4.77. The Morgan fingerprint density at radius 2 is 1.88 bits per heavy atom. The highest BCUT2D eigenvalue weighted by atomic mass is 16.5. The predicted octanol–water partition coefficient (Wildman–Crippen LogP) is 1.88. The van der Waals surface area contributed by atoms with E-state index in [4.69, 9.17) is 4.74 Å². The van der Waals surface area contributed by atoms with Crippen molar-refractivity contribution in [1.29, 1.82) is 0 Å². The summed E-state index contributed by atoms with van der Waals surface area (Å²) in [5.74, 6) is 0. The van der Waals surface area contributed by atoms with Gasteiger partial charge in [-0.3, -0.25) is 0 Å². The molecule has 0 radical (unpaired) electrons. The van der Waals surface area contributed by atoms with Crippen molar-refractivity contribution in [2.24, 2.45) is 0 Å². The van der Waals surface area contributed by atoms with Gasteiger partial charge in [-0.05, 0) is 54.1 Å². The average Bonchev–Trinajstić information content (AvgIpc) is 2.05. The van der Waals surface area contributed by atoms with Crippen molar-refractivity contribution < 1.29 is 4.74 Å². The fraction of sp³-hybridized carbons (Fsp3) is 1.00. The molecule has 3 nitrogen and oxygen atoms in total. The summed E-state index contributed by atoms with van der Waals surface area (Å²) in [5.41, 5.74) is 0.402. The maximum Gasteiger partial charge on any atom is 0.0599 e. The van der Waals surface area contributed by atoms with E-state index in [0.29, 0.717) is 5.54 Å². The first-order valence-electron chi connectivity index (χ1n) is 6.38. The van der Waals surface area contributed by atoms with E-state index in [9.17, 15) is 0 Å². The highest BCUT2D eigenvalue weighted by molar-refractivity contribution is 4.97. The van der Waals surface area contributed by atoms with Crippen LogP contribution in [0.1, 0.15) is 40.0 Å². The summed E-state index contributed by atoms with van der Waals surface area (Å²) < 4.78 is 5.68. The van der Waals surface area contributed by atoms with E-state index in [1.807, 2.05) is 0 Å². The van der Waals surface area contributed by atoms with Crippen LogP contribution in [-0.4, -0.2) is 49.8 Å². The van der Waals surface area contributed by atoms with Gasteiger partial charge in [0.05, 0.1) is 12.2 Å². The topological polar surface area (TPSA) is 24.5 Å². The predicted molar refractivity (Wildman–Crippen MR) is 68.8 cm³/mol. The van der Waals surface area contributed by atoms with Gasteiger partial charge in [-0.1, -0.05) is 0 Å². The Bertz CT molecular complexity index is 204. The minimum atomic E-state index is -0.0165. The third-order valence-electron chi connectivity index (χ3n) is 3.50. The SMILES string of the molecule is CN(C)C1(CNCCOC(C)(C)C)CCC1. The summed E-state index contributed by atoms with van der Waals surface area (Å²) in [6, 6.07) is 0. The molecule has 0 heterocycles. The summed E-state index contributed by atoms with van der Waals surface area (Å²) in [6.45, 7) is 9.13.